The summed E-state index contributed by atoms with van der Waals surface area (Å²) in [6.45, 7) is 4.07. The fraction of sp³-hybridized carbons (Fsp3) is 0.533. The Morgan fingerprint density at radius 1 is 1.32 bits per heavy atom. The Balaban J connectivity index is 2.65. The van der Waals surface area contributed by atoms with Gasteiger partial charge in [-0.2, -0.15) is 0 Å². The first-order chi connectivity index (χ1) is 10.2. The lowest BCUT2D eigenvalue weighted by atomic mass is 10.2. The highest BCUT2D eigenvalue weighted by Gasteiger charge is 2.17. The van der Waals surface area contributed by atoms with Gasteiger partial charge in [-0.3, -0.25) is 9.10 Å². The highest BCUT2D eigenvalue weighted by atomic mass is 32.2. The highest BCUT2D eigenvalue weighted by Crippen LogP contribution is 2.18. The third-order valence-corrected chi connectivity index (χ3v) is 4.49. The summed E-state index contributed by atoms with van der Waals surface area (Å²) in [4.78, 5) is 11.7. The molecule has 1 aromatic rings. The molecule has 0 spiro atoms. The molecule has 0 unspecified atom stereocenters. The number of halogens is 1. The van der Waals surface area contributed by atoms with Crippen molar-refractivity contribution in [3.05, 3.63) is 30.1 Å². The molecule has 0 aliphatic heterocycles. The number of sulfonamides is 1. The van der Waals surface area contributed by atoms with E-state index in [9.17, 15) is 17.6 Å². The van der Waals surface area contributed by atoms with E-state index in [1.54, 1.807) is 0 Å². The van der Waals surface area contributed by atoms with Gasteiger partial charge in [0.15, 0.2) is 0 Å². The topological polar surface area (TPSA) is 66.5 Å². The number of hydrogen-bond acceptors (Lipinski definition) is 3. The van der Waals surface area contributed by atoms with Gasteiger partial charge < -0.3 is 5.32 Å². The van der Waals surface area contributed by atoms with E-state index in [0.29, 0.717) is 12.1 Å². The number of rotatable bonds is 8. The first kappa shape index (κ1) is 18.4. The summed E-state index contributed by atoms with van der Waals surface area (Å²) in [5.74, 6) is -0.521. The molecule has 1 aromatic carbocycles. The molecule has 0 fully saturated rings. The van der Waals surface area contributed by atoms with E-state index in [0.717, 1.165) is 12.7 Å². The maximum absolute atomic E-state index is 12.9. The predicted molar refractivity (Wildman–Crippen MR) is 85.7 cm³/mol. The molecule has 124 valence electrons. The van der Waals surface area contributed by atoms with Crippen LogP contribution in [-0.4, -0.2) is 33.2 Å². The minimum atomic E-state index is -3.48. The molecule has 5 nitrogen and oxygen atoms in total. The van der Waals surface area contributed by atoms with Crippen molar-refractivity contribution < 1.29 is 17.6 Å². The minimum absolute atomic E-state index is 0.0955. The molecule has 22 heavy (non-hydrogen) atoms. The van der Waals surface area contributed by atoms with Gasteiger partial charge in [0.25, 0.3) is 0 Å². The summed E-state index contributed by atoms with van der Waals surface area (Å²) in [5, 5.41) is 2.83. The van der Waals surface area contributed by atoms with Crippen LogP contribution in [0.5, 0.6) is 0 Å². The Hall–Kier alpha value is -1.63. The Labute approximate surface area is 131 Å². The van der Waals surface area contributed by atoms with Crippen molar-refractivity contribution in [3.8, 4) is 0 Å². The normalized spacial score (nSPS) is 12.7. The molecular formula is C15H23FN2O3S. The van der Waals surface area contributed by atoms with Gasteiger partial charge in [-0.25, -0.2) is 12.8 Å². The molecule has 1 amide bonds. The van der Waals surface area contributed by atoms with Gasteiger partial charge in [0.05, 0.1) is 11.9 Å². The number of carbonyl (C=O) groups excluding carboxylic acids is 1. The zero-order chi connectivity index (χ0) is 16.8. The summed E-state index contributed by atoms with van der Waals surface area (Å²) in [7, 11) is -3.48. The second-order valence-corrected chi connectivity index (χ2v) is 7.20. The van der Waals surface area contributed by atoms with Crippen LogP contribution in [0, 0.1) is 5.82 Å². The maximum Gasteiger partial charge on any atom is 0.232 e. The third-order valence-electron chi connectivity index (χ3n) is 3.30. The van der Waals surface area contributed by atoms with Crippen molar-refractivity contribution >= 4 is 21.6 Å². The number of hydrogen-bond donors (Lipinski definition) is 1. The number of carbonyl (C=O) groups is 1. The van der Waals surface area contributed by atoms with Gasteiger partial charge in [0.1, 0.15) is 5.82 Å². The lowest BCUT2D eigenvalue weighted by Gasteiger charge is -2.22. The van der Waals surface area contributed by atoms with Gasteiger partial charge in [0, 0.05) is 19.0 Å². The molecule has 0 aromatic heterocycles. The molecular weight excluding hydrogens is 307 g/mol. The van der Waals surface area contributed by atoms with Crippen LogP contribution in [0.4, 0.5) is 10.1 Å². The molecule has 0 bridgehead atoms. The monoisotopic (exact) mass is 330 g/mol. The molecule has 1 rings (SSSR count). The highest BCUT2D eigenvalue weighted by molar-refractivity contribution is 7.92. The van der Waals surface area contributed by atoms with Gasteiger partial charge in [-0.1, -0.05) is 6.92 Å². The smallest absolute Gasteiger partial charge is 0.232 e. The first-order valence-corrected chi connectivity index (χ1v) is 9.11. The average Bonchev–Trinajstić information content (AvgIpc) is 2.43. The van der Waals surface area contributed by atoms with Crippen LogP contribution in [0.15, 0.2) is 24.3 Å². The van der Waals surface area contributed by atoms with Crippen molar-refractivity contribution in [2.75, 3.05) is 17.1 Å². The average molecular weight is 330 g/mol. The molecule has 0 saturated heterocycles. The van der Waals surface area contributed by atoms with Crippen molar-refractivity contribution in [2.24, 2.45) is 0 Å². The van der Waals surface area contributed by atoms with Crippen molar-refractivity contribution in [3.63, 3.8) is 0 Å². The van der Waals surface area contributed by atoms with Crippen LogP contribution < -0.4 is 9.62 Å². The van der Waals surface area contributed by atoms with E-state index in [1.165, 1.54) is 28.6 Å². The van der Waals surface area contributed by atoms with Crippen LogP contribution >= 0.6 is 0 Å². The number of amides is 1. The molecule has 1 atom stereocenters. The predicted octanol–water partition coefficient (Wildman–Crippen LogP) is 2.29. The zero-order valence-electron chi connectivity index (χ0n) is 13.2. The lowest BCUT2D eigenvalue weighted by Crippen LogP contribution is -2.34. The summed E-state index contributed by atoms with van der Waals surface area (Å²) >= 11 is 0. The number of benzene rings is 1. The van der Waals surface area contributed by atoms with Crippen molar-refractivity contribution in [1.29, 1.82) is 0 Å². The van der Waals surface area contributed by atoms with Gasteiger partial charge in [-0.15, -0.1) is 0 Å². The van der Waals surface area contributed by atoms with E-state index in [4.69, 9.17) is 0 Å². The van der Waals surface area contributed by atoms with Gasteiger partial charge in [0.2, 0.25) is 15.9 Å². The summed E-state index contributed by atoms with van der Waals surface area (Å²) in [5.41, 5.74) is 0.395. The Morgan fingerprint density at radius 3 is 2.41 bits per heavy atom. The van der Waals surface area contributed by atoms with E-state index in [2.05, 4.69) is 5.32 Å². The van der Waals surface area contributed by atoms with E-state index in [-0.39, 0.29) is 24.9 Å². The van der Waals surface area contributed by atoms with Gasteiger partial charge >= 0.3 is 0 Å². The largest absolute Gasteiger partial charge is 0.354 e. The molecule has 0 aliphatic rings. The summed E-state index contributed by atoms with van der Waals surface area (Å²) < 4.78 is 37.8. The molecule has 7 heteroatoms. The molecule has 1 N–H and O–H groups in total. The van der Waals surface area contributed by atoms with Crippen LogP contribution in [0.25, 0.3) is 0 Å². The Kier molecular flexibility index (Phi) is 6.80. The van der Waals surface area contributed by atoms with Crippen molar-refractivity contribution in [2.45, 2.75) is 39.2 Å². The minimum Gasteiger partial charge on any atom is -0.354 e. The fourth-order valence-corrected chi connectivity index (χ4v) is 2.89. The van der Waals surface area contributed by atoms with E-state index in [1.807, 2.05) is 13.8 Å². The second-order valence-electron chi connectivity index (χ2n) is 5.29. The summed E-state index contributed by atoms with van der Waals surface area (Å²) in [6.07, 6.45) is 2.58. The third kappa shape index (κ3) is 6.01. The molecule has 0 radical (unpaired) electrons. The maximum atomic E-state index is 12.9. The van der Waals surface area contributed by atoms with Crippen LogP contribution in [0.1, 0.15) is 33.1 Å². The van der Waals surface area contributed by atoms with Crippen molar-refractivity contribution in [1.82, 2.24) is 5.32 Å². The zero-order valence-corrected chi connectivity index (χ0v) is 14.0. The Morgan fingerprint density at radius 2 is 1.91 bits per heavy atom. The standard InChI is InChI=1S/C15H23FN2O3S/c1-4-12(2)17-15(19)6-5-11-18(22(3,20)21)14-9-7-13(16)8-10-14/h7-10,12H,4-6,11H2,1-3H3,(H,17,19)/t12-/m0/s1. The lowest BCUT2D eigenvalue weighted by molar-refractivity contribution is -0.121. The second kappa shape index (κ2) is 8.12. The van der Waals surface area contributed by atoms with Gasteiger partial charge in [-0.05, 0) is 44.0 Å². The molecule has 0 saturated carbocycles. The van der Waals surface area contributed by atoms with E-state index < -0.39 is 15.8 Å². The van der Waals surface area contributed by atoms with E-state index >= 15 is 0 Å². The first-order valence-electron chi connectivity index (χ1n) is 7.26. The molecule has 0 aliphatic carbocycles. The SMILES string of the molecule is CC[C@H](C)NC(=O)CCCN(c1ccc(F)cc1)S(C)(=O)=O. The Bertz CT molecular complexity index is 587. The quantitative estimate of drug-likeness (QED) is 0.795. The number of anilines is 1. The number of nitrogens with one attached hydrogen (secondary N) is 1. The number of nitrogens with zero attached hydrogens (tertiary/aromatic N) is 1. The van der Waals surface area contributed by atoms with Crippen LogP contribution in [-0.2, 0) is 14.8 Å². The van der Waals surface area contributed by atoms with Crippen LogP contribution in [0.3, 0.4) is 0 Å². The fourth-order valence-electron chi connectivity index (χ4n) is 1.93. The van der Waals surface area contributed by atoms with Crippen LogP contribution in [0.2, 0.25) is 0 Å². The summed E-state index contributed by atoms with van der Waals surface area (Å²) in [6, 6.07) is 5.35. The molecule has 0 heterocycles.